The molecule has 0 fully saturated rings. The van der Waals surface area contributed by atoms with E-state index in [9.17, 15) is 4.79 Å². The summed E-state index contributed by atoms with van der Waals surface area (Å²) in [4.78, 5) is 12.0. The highest BCUT2D eigenvalue weighted by Crippen LogP contribution is 2.18. The molecule has 2 atom stereocenters. The van der Waals surface area contributed by atoms with Crippen molar-refractivity contribution >= 4 is 5.97 Å². The monoisotopic (exact) mass is 270 g/mol. The predicted molar refractivity (Wildman–Crippen MR) is 82.2 cm³/mol. The van der Waals surface area contributed by atoms with Crippen molar-refractivity contribution < 1.29 is 9.53 Å². The third-order valence-corrected chi connectivity index (χ3v) is 3.99. The van der Waals surface area contributed by atoms with Gasteiger partial charge in [-0.15, -0.1) is 0 Å². The maximum atomic E-state index is 12.0. The quantitative estimate of drug-likeness (QED) is 0.353. The highest BCUT2D eigenvalue weighted by molar-refractivity contribution is 5.72. The normalized spacial score (nSPS) is 14.1. The Bertz CT molecular complexity index is 213. The second-order valence-electron chi connectivity index (χ2n) is 5.65. The molecule has 19 heavy (non-hydrogen) atoms. The number of unbranched alkanes of at least 4 members (excludes halogenated alkanes) is 3. The van der Waals surface area contributed by atoms with Crippen molar-refractivity contribution in [3.05, 3.63) is 0 Å². The van der Waals surface area contributed by atoms with E-state index < -0.39 is 0 Å². The second-order valence-corrected chi connectivity index (χ2v) is 5.65. The van der Waals surface area contributed by atoms with Crippen molar-refractivity contribution in [1.82, 2.24) is 0 Å². The molecule has 2 nitrogen and oxygen atoms in total. The molecule has 0 rings (SSSR count). The number of rotatable bonds is 12. The van der Waals surface area contributed by atoms with Crippen LogP contribution in [0.4, 0.5) is 0 Å². The zero-order valence-electron chi connectivity index (χ0n) is 13.5. The van der Waals surface area contributed by atoms with Gasteiger partial charge in [0.15, 0.2) is 0 Å². The molecular formula is C17H34O2. The molecule has 0 saturated heterocycles. The first-order valence-electron chi connectivity index (χ1n) is 8.36. The topological polar surface area (TPSA) is 26.3 Å². The molecule has 114 valence electrons. The third kappa shape index (κ3) is 9.07. The van der Waals surface area contributed by atoms with E-state index in [2.05, 4.69) is 27.7 Å². The molecule has 0 N–H and O–H groups in total. The molecule has 2 heteroatoms. The van der Waals surface area contributed by atoms with Gasteiger partial charge in [0.1, 0.15) is 0 Å². The minimum atomic E-state index is 0.0357. The van der Waals surface area contributed by atoms with Crippen LogP contribution in [0.3, 0.4) is 0 Å². The van der Waals surface area contributed by atoms with Crippen LogP contribution < -0.4 is 0 Å². The van der Waals surface area contributed by atoms with Crippen LogP contribution in [0.1, 0.15) is 85.5 Å². The summed E-state index contributed by atoms with van der Waals surface area (Å²) in [6.07, 6.45) is 10.2. The Labute approximate surface area is 120 Å². The molecule has 0 aliphatic rings. The fraction of sp³-hybridized carbons (Fsp3) is 0.941. The number of carbonyl (C=O) groups excluding carboxylic acids is 1. The van der Waals surface area contributed by atoms with Crippen LogP contribution in [0.15, 0.2) is 0 Å². The molecule has 0 aromatic carbocycles. The van der Waals surface area contributed by atoms with Crippen molar-refractivity contribution in [3.8, 4) is 0 Å². The summed E-state index contributed by atoms with van der Waals surface area (Å²) < 4.78 is 5.54. The van der Waals surface area contributed by atoms with Crippen molar-refractivity contribution in [2.24, 2.45) is 11.8 Å². The van der Waals surface area contributed by atoms with Crippen LogP contribution in [0.25, 0.3) is 0 Å². The van der Waals surface area contributed by atoms with Crippen molar-refractivity contribution in [3.63, 3.8) is 0 Å². The zero-order chi connectivity index (χ0) is 14.5. The fourth-order valence-electron chi connectivity index (χ4n) is 2.35. The van der Waals surface area contributed by atoms with Gasteiger partial charge in [-0.1, -0.05) is 66.2 Å². The van der Waals surface area contributed by atoms with E-state index in [0.29, 0.717) is 12.5 Å². The number of hydrogen-bond acceptors (Lipinski definition) is 2. The molecule has 0 spiro atoms. The minimum absolute atomic E-state index is 0.0357. The van der Waals surface area contributed by atoms with Crippen LogP contribution in [0.2, 0.25) is 0 Å². The Hall–Kier alpha value is -0.530. The Balaban J connectivity index is 3.96. The largest absolute Gasteiger partial charge is 0.465 e. The van der Waals surface area contributed by atoms with Gasteiger partial charge in [0.2, 0.25) is 0 Å². The van der Waals surface area contributed by atoms with E-state index in [4.69, 9.17) is 4.74 Å². The Morgan fingerprint density at radius 2 is 1.58 bits per heavy atom. The maximum Gasteiger partial charge on any atom is 0.308 e. The molecule has 0 saturated carbocycles. The first-order chi connectivity index (χ1) is 9.19. The number of esters is 1. The smallest absolute Gasteiger partial charge is 0.308 e. The van der Waals surface area contributed by atoms with Gasteiger partial charge in [-0.25, -0.2) is 0 Å². The van der Waals surface area contributed by atoms with Crippen LogP contribution in [-0.4, -0.2) is 12.6 Å². The van der Waals surface area contributed by atoms with Gasteiger partial charge < -0.3 is 4.74 Å². The average Bonchev–Trinajstić information content (AvgIpc) is 2.43. The summed E-state index contributed by atoms with van der Waals surface area (Å²) >= 11 is 0. The highest BCUT2D eigenvalue weighted by Gasteiger charge is 2.18. The van der Waals surface area contributed by atoms with Gasteiger partial charge >= 0.3 is 5.97 Å². The van der Waals surface area contributed by atoms with Gasteiger partial charge in [0, 0.05) is 0 Å². The summed E-state index contributed by atoms with van der Waals surface area (Å²) in [7, 11) is 0. The summed E-state index contributed by atoms with van der Waals surface area (Å²) in [6.45, 7) is 9.30. The third-order valence-electron chi connectivity index (χ3n) is 3.99. The van der Waals surface area contributed by atoms with E-state index >= 15 is 0 Å². The molecule has 0 aliphatic heterocycles. The predicted octanol–water partition coefficient (Wildman–Crippen LogP) is 5.35. The summed E-state index contributed by atoms with van der Waals surface area (Å²) in [5, 5.41) is 0. The molecule has 0 aromatic rings. The van der Waals surface area contributed by atoms with Crippen LogP contribution >= 0.6 is 0 Å². The number of ether oxygens (including phenoxy) is 1. The molecule has 0 aromatic heterocycles. The Kier molecular flexibility index (Phi) is 12.2. The first-order valence-corrected chi connectivity index (χ1v) is 8.36. The Morgan fingerprint density at radius 3 is 2.11 bits per heavy atom. The standard InChI is InChI=1S/C17H34O2/c1-5-9-11-13-16(8-4)17(18)19-14-15(7-3)12-10-6-2/h15-16H,5-14H2,1-4H3. The Morgan fingerprint density at radius 1 is 0.895 bits per heavy atom. The second kappa shape index (κ2) is 12.5. The lowest BCUT2D eigenvalue weighted by Gasteiger charge is -2.18. The van der Waals surface area contributed by atoms with Crippen LogP contribution in [0, 0.1) is 11.8 Å². The lowest BCUT2D eigenvalue weighted by atomic mass is 9.98. The van der Waals surface area contributed by atoms with E-state index in [1.807, 2.05) is 0 Å². The molecule has 0 heterocycles. The van der Waals surface area contributed by atoms with Gasteiger partial charge in [-0.05, 0) is 25.2 Å². The van der Waals surface area contributed by atoms with E-state index in [1.165, 1.54) is 32.1 Å². The molecule has 0 radical (unpaired) electrons. The number of hydrogen-bond donors (Lipinski definition) is 0. The van der Waals surface area contributed by atoms with Crippen LogP contribution in [0.5, 0.6) is 0 Å². The fourth-order valence-corrected chi connectivity index (χ4v) is 2.35. The SMILES string of the molecule is CCCCCC(CC)C(=O)OCC(CC)CCCC. The van der Waals surface area contributed by atoms with E-state index in [1.54, 1.807) is 0 Å². The van der Waals surface area contributed by atoms with Gasteiger partial charge in [0.05, 0.1) is 12.5 Å². The maximum absolute atomic E-state index is 12.0. The van der Waals surface area contributed by atoms with Crippen molar-refractivity contribution in [2.75, 3.05) is 6.61 Å². The number of carbonyl (C=O) groups is 1. The first kappa shape index (κ1) is 18.5. The average molecular weight is 270 g/mol. The zero-order valence-corrected chi connectivity index (χ0v) is 13.5. The molecule has 0 amide bonds. The van der Waals surface area contributed by atoms with Crippen molar-refractivity contribution in [2.45, 2.75) is 85.5 Å². The van der Waals surface area contributed by atoms with Gasteiger partial charge in [-0.3, -0.25) is 4.79 Å². The van der Waals surface area contributed by atoms with Gasteiger partial charge in [0.25, 0.3) is 0 Å². The lowest BCUT2D eigenvalue weighted by Crippen LogP contribution is -2.21. The van der Waals surface area contributed by atoms with Crippen molar-refractivity contribution in [1.29, 1.82) is 0 Å². The van der Waals surface area contributed by atoms with E-state index in [-0.39, 0.29) is 11.9 Å². The summed E-state index contributed by atoms with van der Waals surface area (Å²) in [5.74, 6) is 0.709. The minimum Gasteiger partial charge on any atom is -0.465 e. The lowest BCUT2D eigenvalue weighted by molar-refractivity contribution is -0.150. The molecular weight excluding hydrogens is 236 g/mol. The van der Waals surface area contributed by atoms with Crippen LogP contribution in [-0.2, 0) is 9.53 Å². The summed E-state index contributed by atoms with van der Waals surface area (Å²) in [5.41, 5.74) is 0. The molecule has 0 bridgehead atoms. The molecule has 0 aliphatic carbocycles. The summed E-state index contributed by atoms with van der Waals surface area (Å²) in [6, 6.07) is 0. The van der Waals surface area contributed by atoms with E-state index in [0.717, 1.165) is 25.7 Å². The molecule has 2 unspecified atom stereocenters. The highest BCUT2D eigenvalue weighted by atomic mass is 16.5. The van der Waals surface area contributed by atoms with Gasteiger partial charge in [-0.2, -0.15) is 0 Å².